The molecule has 1 saturated heterocycles. The van der Waals surface area contributed by atoms with Gasteiger partial charge < -0.3 is 20.1 Å². The molecule has 7 heteroatoms. The zero-order valence-corrected chi connectivity index (χ0v) is 18.5. The summed E-state index contributed by atoms with van der Waals surface area (Å²) in [7, 11) is 1.58. The number of ether oxygens (including phenoxy) is 1. The van der Waals surface area contributed by atoms with Gasteiger partial charge in [-0.1, -0.05) is 30.3 Å². The van der Waals surface area contributed by atoms with E-state index in [2.05, 4.69) is 5.32 Å². The van der Waals surface area contributed by atoms with E-state index in [1.165, 1.54) is 11.3 Å². The molecule has 1 aromatic heterocycles. The number of fused-ring (bicyclic) bond motifs is 1. The van der Waals surface area contributed by atoms with Gasteiger partial charge in [0.2, 0.25) is 0 Å². The average molecular weight is 439 g/mol. The summed E-state index contributed by atoms with van der Waals surface area (Å²) >= 11 is 1.47. The Morgan fingerprint density at radius 2 is 2.03 bits per heavy atom. The van der Waals surface area contributed by atoms with Crippen molar-refractivity contribution < 1.29 is 19.4 Å². The van der Waals surface area contributed by atoms with Crippen LogP contribution in [0.4, 0.5) is 0 Å². The molecule has 2 amide bonds. The standard InChI is InChI=1S/C24H26N2O4S/c1-15-6-5-8-18(21(15)30-2)24(29)26-12-10-16(14-26)20-17-7-3-4-9-19(17)31-22(20)23(28)25-11-13-27/h3-9,16,27H,10-14H2,1-2H3,(H,25,28). The molecule has 0 bridgehead atoms. The monoisotopic (exact) mass is 438 g/mol. The Morgan fingerprint density at radius 1 is 1.23 bits per heavy atom. The van der Waals surface area contributed by atoms with Crippen molar-refractivity contribution in [1.29, 1.82) is 0 Å². The van der Waals surface area contributed by atoms with Gasteiger partial charge in [0.15, 0.2) is 0 Å². The molecule has 1 fully saturated rings. The molecule has 1 atom stereocenters. The molecular weight excluding hydrogens is 412 g/mol. The van der Waals surface area contributed by atoms with Gasteiger partial charge in [-0.3, -0.25) is 9.59 Å². The Bertz CT molecular complexity index is 1120. The Balaban J connectivity index is 1.64. The Kier molecular flexibility index (Phi) is 6.25. The predicted molar refractivity (Wildman–Crippen MR) is 122 cm³/mol. The molecule has 0 saturated carbocycles. The number of methoxy groups -OCH3 is 1. The van der Waals surface area contributed by atoms with Crippen molar-refractivity contribution in [3.63, 3.8) is 0 Å². The first-order valence-electron chi connectivity index (χ1n) is 10.4. The molecule has 1 aliphatic heterocycles. The molecule has 31 heavy (non-hydrogen) atoms. The van der Waals surface area contributed by atoms with Crippen LogP contribution in [0, 0.1) is 6.92 Å². The SMILES string of the molecule is COc1c(C)cccc1C(=O)N1CCC(c2c(C(=O)NCCO)sc3ccccc23)C1. The lowest BCUT2D eigenvalue weighted by Crippen LogP contribution is -2.29. The number of aryl methyl sites for hydroxylation is 1. The average Bonchev–Trinajstić information content (AvgIpc) is 3.41. The van der Waals surface area contributed by atoms with Crippen molar-refractivity contribution >= 4 is 33.2 Å². The van der Waals surface area contributed by atoms with E-state index in [0.717, 1.165) is 27.6 Å². The zero-order chi connectivity index (χ0) is 22.0. The number of carbonyl (C=O) groups is 2. The van der Waals surface area contributed by atoms with Crippen LogP contribution in [0.2, 0.25) is 0 Å². The Hall–Kier alpha value is -2.90. The maximum atomic E-state index is 13.3. The summed E-state index contributed by atoms with van der Waals surface area (Å²) in [6.45, 7) is 3.22. The smallest absolute Gasteiger partial charge is 0.261 e. The number of para-hydroxylation sites is 1. The summed E-state index contributed by atoms with van der Waals surface area (Å²) < 4.78 is 6.54. The van der Waals surface area contributed by atoms with Crippen molar-refractivity contribution in [2.45, 2.75) is 19.3 Å². The first kappa shape index (κ1) is 21.3. The third-order valence-electron chi connectivity index (χ3n) is 5.77. The molecular formula is C24H26N2O4S. The van der Waals surface area contributed by atoms with Gasteiger partial charge in [-0.2, -0.15) is 0 Å². The molecule has 0 spiro atoms. The number of benzene rings is 2. The van der Waals surface area contributed by atoms with Crippen LogP contribution in [0.5, 0.6) is 5.75 Å². The fourth-order valence-corrected chi connectivity index (χ4v) is 5.54. The third kappa shape index (κ3) is 4.03. The number of nitrogens with zero attached hydrogens (tertiary/aromatic N) is 1. The van der Waals surface area contributed by atoms with E-state index >= 15 is 0 Å². The maximum Gasteiger partial charge on any atom is 0.261 e. The topological polar surface area (TPSA) is 78.9 Å². The lowest BCUT2D eigenvalue weighted by molar-refractivity contribution is 0.0787. The number of rotatable bonds is 6. The molecule has 162 valence electrons. The highest BCUT2D eigenvalue weighted by Gasteiger charge is 2.33. The van der Waals surface area contributed by atoms with Gasteiger partial charge in [-0.25, -0.2) is 0 Å². The van der Waals surface area contributed by atoms with Crippen LogP contribution in [0.15, 0.2) is 42.5 Å². The summed E-state index contributed by atoms with van der Waals surface area (Å²) in [5, 5.41) is 12.9. The van der Waals surface area contributed by atoms with Crippen LogP contribution in [0.25, 0.3) is 10.1 Å². The third-order valence-corrected chi connectivity index (χ3v) is 6.95. The van der Waals surface area contributed by atoms with Crippen molar-refractivity contribution in [2.75, 3.05) is 33.4 Å². The van der Waals surface area contributed by atoms with Crippen LogP contribution in [-0.4, -0.2) is 55.2 Å². The highest BCUT2D eigenvalue weighted by Crippen LogP contribution is 2.40. The molecule has 0 aliphatic carbocycles. The summed E-state index contributed by atoms with van der Waals surface area (Å²) in [6, 6.07) is 13.6. The van der Waals surface area contributed by atoms with Crippen molar-refractivity contribution in [1.82, 2.24) is 10.2 Å². The molecule has 1 aliphatic rings. The fraction of sp³-hybridized carbons (Fsp3) is 0.333. The first-order valence-corrected chi connectivity index (χ1v) is 11.2. The second-order valence-electron chi connectivity index (χ2n) is 7.71. The van der Waals surface area contributed by atoms with Gasteiger partial charge in [0.25, 0.3) is 11.8 Å². The summed E-state index contributed by atoms with van der Waals surface area (Å²) in [5.74, 6) is 0.469. The lowest BCUT2D eigenvalue weighted by atomic mass is 9.95. The minimum atomic E-state index is -0.171. The van der Waals surface area contributed by atoms with Gasteiger partial charge in [0, 0.05) is 30.3 Å². The highest BCUT2D eigenvalue weighted by atomic mass is 32.1. The molecule has 6 nitrogen and oxygen atoms in total. The van der Waals surface area contributed by atoms with Gasteiger partial charge >= 0.3 is 0 Å². The second-order valence-corrected chi connectivity index (χ2v) is 8.77. The van der Waals surface area contributed by atoms with E-state index in [1.807, 2.05) is 48.2 Å². The number of hydrogen-bond acceptors (Lipinski definition) is 5. The molecule has 2 aromatic carbocycles. The minimum absolute atomic E-state index is 0.0473. The number of nitrogens with one attached hydrogen (secondary N) is 1. The number of aliphatic hydroxyl groups is 1. The van der Waals surface area contributed by atoms with Crippen molar-refractivity contribution in [2.24, 2.45) is 0 Å². The van der Waals surface area contributed by atoms with E-state index < -0.39 is 0 Å². The number of hydrogen-bond donors (Lipinski definition) is 2. The first-order chi connectivity index (χ1) is 15.0. The van der Waals surface area contributed by atoms with Crippen LogP contribution in [0.1, 0.15) is 43.5 Å². The summed E-state index contributed by atoms with van der Waals surface area (Å²) in [5.41, 5.74) is 2.50. The number of likely N-dealkylation sites (tertiary alicyclic amines) is 1. The highest BCUT2D eigenvalue weighted by molar-refractivity contribution is 7.21. The van der Waals surface area contributed by atoms with Crippen LogP contribution >= 0.6 is 11.3 Å². The number of carbonyl (C=O) groups excluding carboxylic acids is 2. The predicted octanol–water partition coefficient (Wildman–Crippen LogP) is 3.57. The number of aliphatic hydroxyl groups excluding tert-OH is 1. The van der Waals surface area contributed by atoms with Crippen LogP contribution < -0.4 is 10.1 Å². The van der Waals surface area contributed by atoms with E-state index in [0.29, 0.717) is 29.3 Å². The summed E-state index contributed by atoms with van der Waals surface area (Å²) in [4.78, 5) is 28.6. The molecule has 3 aromatic rings. The fourth-order valence-electron chi connectivity index (χ4n) is 4.33. The van der Waals surface area contributed by atoms with Crippen molar-refractivity contribution in [3.8, 4) is 5.75 Å². The Labute approximate surface area is 185 Å². The molecule has 2 heterocycles. The van der Waals surface area contributed by atoms with Gasteiger partial charge in [0.05, 0.1) is 24.2 Å². The van der Waals surface area contributed by atoms with E-state index in [1.54, 1.807) is 13.2 Å². The quantitative estimate of drug-likeness (QED) is 0.617. The zero-order valence-electron chi connectivity index (χ0n) is 17.7. The normalized spacial score (nSPS) is 16.0. The van der Waals surface area contributed by atoms with Gasteiger partial charge in [0.1, 0.15) is 5.75 Å². The van der Waals surface area contributed by atoms with E-state index in [9.17, 15) is 9.59 Å². The largest absolute Gasteiger partial charge is 0.496 e. The van der Waals surface area contributed by atoms with Crippen LogP contribution in [-0.2, 0) is 0 Å². The van der Waals surface area contributed by atoms with Crippen LogP contribution in [0.3, 0.4) is 0 Å². The number of amides is 2. The van der Waals surface area contributed by atoms with Crippen molar-refractivity contribution in [3.05, 3.63) is 64.0 Å². The molecule has 2 N–H and O–H groups in total. The second kappa shape index (κ2) is 9.08. The lowest BCUT2D eigenvalue weighted by Gasteiger charge is -2.19. The number of thiophene rings is 1. The summed E-state index contributed by atoms with van der Waals surface area (Å²) in [6.07, 6.45) is 0.793. The molecule has 4 rings (SSSR count). The minimum Gasteiger partial charge on any atom is -0.496 e. The van der Waals surface area contributed by atoms with Gasteiger partial charge in [-0.05, 0) is 42.0 Å². The van der Waals surface area contributed by atoms with E-state index in [4.69, 9.17) is 9.84 Å². The maximum absolute atomic E-state index is 13.3. The molecule has 1 unspecified atom stereocenters. The Morgan fingerprint density at radius 3 is 2.81 bits per heavy atom. The molecule has 0 radical (unpaired) electrons. The van der Waals surface area contributed by atoms with Gasteiger partial charge in [-0.15, -0.1) is 11.3 Å². The van der Waals surface area contributed by atoms with E-state index in [-0.39, 0.29) is 30.9 Å².